The lowest BCUT2D eigenvalue weighted by Gasteiger charge is -2.07. The van der Waals surface area contributed by atoms with Crippen LogP contribution in [0.4, 0.5) is 0 Å². The highest BCUT2D eigenvalue weighted by atomic mass is 79.9. The number of hydrogen-bond donors (Lipinski definition) is 0. The Balaban J connectivity index is 1.47. The third-order valence-electron chi connectivity index (χ3n) is 4.34. The van der Waals surface area contributed by atoms with E-state index in [0.29, 0.717) is 28.4 Å². The fourth-order valence-electron chi connectivity index (χ4n) is 2.78. The molecular formula is C22H15BrO4S. The summed E-state index contributed by atoms with van der Waals surface area (Å²) < 4.78 is 12.3. The zero-order valence-electron chi connectivity index (χ0n) is 14.9. The van der Waals surface area contributed by atoms with E-state index in [1.165, 1.54) is 0 Å². The highest BCUT2D eigenvalue weighted by Gasteiger charge is 2.28. The molecule has 2 aromatic carbocycles. The van der Waals surface area contributed by atoms with Gasteiger partial charge < -0.3 is 9.47 Å². The molecule has 28 heavy (non-hydrogen) atoms. The molecule has 1 aromatic heterocycles. The highest BCUT2D eigenvalue weighted by molar-refractivity contribution is 9.10. The van der Waals surface area contributed by atoms with E-state index in [-0.39, 0.29) is 18.2 Å². The topological polar surface area (TPSA) is 52.6 Å². The van der Waals surface area contributed by atoms with Crippen molar-refractivity contribution in [2.75, 3.05) is 6.61 Å². The van der Waals surface area contributed by atoms with Gasteiger partial charge in [0.1, 0.15) is 11.5 Å². The zero-order chi connectivity index (χ0) is 19.7. The number of hydrogen-bond acceptors (Lipinski definition) is 5. The molecule has 0 aliphatic carbocycles. The molecule has 0 spiro atoms. The number of aryl methyl sites for hydroxylation is 1. The summed E-state index contributed by atoms with van der Waals surface area (Å²) in [5, 5.41) is 1.97. The highest BCUT2D eigenvalue weighted by Crippen LogP contribution is 2.35. The third-order valence-corrected chi connectivity index (χ3v) is 5.84. The first-order valence-electron chi connectivity index (χ1n) is 8.55. The van der Waals surface area contributed by atoms with Gasteiger partial charge in [-0.3, -0.25) is 9.59 Å². The monoisotopic (exact) mass is 454 g/mol. The van der Waals surface area contributed by atoms with Gasteiger partial charge in [-0.25, -0.2) is 0 Å². The molecule has 0 fully saturated rings. The van der Waals surface area contributed by atoms with Crippen molar-refractivity contribution < 1.29 is 19.1 Å². The lowest BCUT2D eigenvalue weighted by molar-refractivity contribution is 0.0921. The van der Waals surface area contributed by atoms with E-state index in [0.717, 1.165) is 14.9 Å². The van der Waals surface area contributed by atoms with Gasteiger partial charge in [0.2, 0.25) is 5.78 Å². The standard InChI is InChI=1S/C22H15BrO4S/c1-13-8-9-28-21(13)11-20-22(25)17-7-6-16(10-19(17)27-20)26-12-18(24)14-2-4-15(23)5-3-14/h2-11H,12H2,1H3/b20-11-. The number of ketones is 2. The number of rotatable bonds is 5. The minimum absolute atomic E-state index is 0.0918. The van der Waals surface area contributed by atoms with Crippen molar-refractivity contribution in [1.82, 2.24) is 0 Å². The third kappa shape index (κ3) is 3.79. The molecule has 2 heterocycles. The summed E-state index contributed by atoms with van der Waals surface area (Å²) in [7, 11) is 0. The molecule has 140 valence electrons. The van der Waals surface area contributed by atoms with E-state index in [2.05, 4.69) is 15.9 Å². The fourth-order valence-corrected chi connectivity index (χ4v) is 3.89. The van der Waals surface area contributed by atoms with Gasteiger partial charge in [-0.2, -0.15) is 0 Å². The Hall–Kier alpha value is -2.70. The molecule has 4 rings (SSSR count). The molecule has 0 saturated heterocycles. The minimum atomic E-state index is -0.153. The predicted octanol–water partition coefficient (Wildman–Crippen LogP) is 5.70. The molecule has 0 saturated carbocycles. The molecule has 0 atom stereocenters. The van der Waals surface area contributed by atoms with Crippen LogP contribution >= 0.6 is 27.3 Å². The van der Waals surface area contributed by atoms with Crippen molar-refractivity contribution in [3.8, 4) is 11.5 Å². The van der Waals surface area contributed by atoms with Crippen LogP contribution in [-0.4, -0.2) is 18.2 Å². The number of ether oxygens (including phenoxy) is 2. The Morgan fingerprint density at radius 1 is 1.18 bits per heavy atom. The first-order valence-corrected chi connectivity index (χ1v) is 10.2. The van der Waals surface area contributed by atoms with Crippen molar-refractivity contribution in [3.63, 3.8) is 0 Å². The number of carbonyl (C=O) groups excluding carboxylic acids is 2. The lowest BCUT2D eigenvalue weighted by Crippen LogP contribution is -2.11. The second kappa shape index (κ2) is 7.73. The van der Waals surface area contributed by atoms with Gasteiger partial charge in [-0.15, -0.1) is 11.3 Å². The maximum absolute atomic E-state index is 12.5. The molecule has 0 N–H and O–H groups in total. The van der Waals surface area contributed by atoms with E-state index in [1.54, 1.807) is 47.7 Å². The number of Topliss-reactive ketones (excluding diaryl/α,β-unsaturated/α-hetero) is 2. The van der Waals surface area contributed by atoms with Crippen LogP contribution < -0.4 is 9.47 Å². The van der Waals surface area contributed by atoms with Crippen LogP contribution in [0.3, 0.4) is 0 Å². The summed E-state index contributed by atoms with van der Waals surface area (Å²) in [5.74, 6) is 0.937. The first-order chi connectivity index (χ1) is 13.5. The molecule has 0 bridgehead atoms. The number of fused-ring (bicyclic) bond motifs is 1. The molecule has 1 aliphatic rings. The molecule has 4 nitrogen and oxygen atoms in total. The number of thiophene rings is 1. The zero-order valence-corrected chi connectivity index (χ0v) is 17.3. The molecule has 0 unspecified atom stereocenters. The van der Waals surface area contributed by atoms with E-state index >= 15 is 0 Å². The van der Waals surface area contributed by atoms with Crippen LogP contribution in [0.25, 0.3) is 6.08 Å². The first kappa shape index (κ1) is 18.7. The van der Waals surface area contributed by atoms with Gasteiger partial charge in [-0.05, 0) is 48.2 Å². The lowest BCUT2D eigenvalue weighted by atomic mass is 10.1. The fraction of sp³-hybridized carbons (Fsp3) is 0.0909. The molecule has 6 heteroatoms. The van der Waals surface area contributed by atoms with Crippen molar-refractivity contribution >= 4 is 44.9 Å². The Morgan fingerprint density at radius 3 is 2.68 bits per heavy atom. The Morgan fingerprint density at radius 2 is 1.96 bits per heavy atom. The van der Waals surface area contributed by atoms with Crippen LogP contribution in [0, 0.1) is 6.92 Å². The van der Waals surface area contributed by atoms with Crippen molar-refractivity contribution in [2.24, 2.45) is 0 Å². The van der Waals surface area contributed by atoms with Gasteiger partial charge in [0, 0.05) is 27.1 Å². The second-order valence-corrected chi connectivity index (χ2v) is 8.15. The SMILES string of the molecule is Cc1ccsc1/C=C1\Oc2cc(OCC(=O)c3ccc(Br)cc3)ccc2C1=O. The average Bonchev–Trinajstić information content (AvgIpc) is 3.23. The molecule has 1 aliphatic heterocycles. The average molecular weight is 455 g/mol. The Labute approximate surface area is 174 Å². The maximum atomic E-state index is 12.5. The Bertz CT molecular complexity index is 1100. The van der Waals surface area contributed by atoms with Crippen LogP contribution in [0.15, 0.2) is 64.1 Å². The van der Waals surface area contributed by atoms with Gasteiger partial charge in [0.05, 0.1) is 5.56 Å². The number of allylic oxidation sites excluding steroid dienone is 1. The number of halogens is 1. The largest absolute Gasteiger partial charge is 0.485 e. The van der Waals surface area contributed by atoms with Gasteiger partial charge >= 0.3 is 0 Å². The van der Waals surface area contributed by atoms with Gasteiger partial charge in [0.15, 0.2) is 18.1 Å². The summed E-state index contributed by atoms with van der Waals surface area (Å²) in [6.07, 6.45) is 1.76. The van der Waals surface area contributed by atoms with Crippen LogP contribution in [0.1, 0.15) is 31.2 Å². The van der Waals surface area contributed by atoms with Crippen molar-refractivity contribution in [3.05, 3.63) is 85.7 Å². The molecule has 3 aromatic rings. The van der Waals surface area contributed by atoms with E-state index in [4.69, 9.17) is 9.47 Å². The van der Waals surface area contributed by atoms with E-state index < -0.39 is 0 Å². The normalized spacial score (nSPS) is 14.1. The summed E-state index contributed by atoms with van der Waals surface area (Å²) in [4.78, 5) is 25.8. The summed E-state index contributed by atoms with van der Waals surface area (Å²) in [5.41, 5.74) is 2.17. The molecular weight excluding hydrogens is 440 g/mol. The van der Waals surface area contributed by atoms with Gasteiger partial charge in [0.25, 0.3) is 0 Å². The molecule has 0 radical (unpaired) electrons. The number of carbonyl (C=O) groups is 2. The van der Waals surface area contributed by atoms with E-state index in [1.807, 2.05) is 30.5 Å². The Kier molecular flexibility index (Phi) is 5.15. The maximum Gasteiger partial charge on any atom is 0.232 e. The predicted molar refractivity (Wildman–Crippen MR) is 112 cm³/mol. The quantitative estimate of drug-likeness (QED) is 0.366. The van der Waals surface area contributed by atoms with Crippen LogP contribution in [0.5, 0.6) is 11.5 Å². The minimum Gasteiger partial charge on any atom is -0.485 e. The van der Waals surface area contributed by atoms with Crippen LogP contribution in [-0.2, 0) is 0 Å². The van der Waals surface area contributed by atoms with Crippen LogP contribution in [0.2, 0.25) is 0 Å². The smallest absolute Gasteiger partial charge is 0.232 e. The van der Waals surface area contributed by atoms with E-state index in [9.17, 15) is 9.59 Å². The second-order valence-electron chi connectivity index (χ2n) is 6.28. The summed E-state index contributed by atoms with van der Waals surface area (Å²) in [6, 6.07) is 14.1. The van der Waals surface area contributed by atoms with Crippen molar-refractivity contribution in [1.29, 1.82) is 0 Å². The van der Waals surface area contributed by atoms with Crippen molar-refractivity contribution in [2.45, 2.75) is 6.92 Å². The summed E-state index contributed by atoms with van der Waals surface area (Å²) in [6.45, 7) is 1.90. The number of benzene rings is 2. The summed E-state index contributed by atoms with van der Waals surface area (Å²) >= 11 is 4.90. The van der Waals surface area contributed by atoms with Gasteiger partial charge in [-0.1, -0.05) is 28.1 Å². The molecule has 0 amide bonds.